The summed E-state index contributed by atoms with van der Waals surface area (Å²) in [6.07, 6.45) is 0.653. The number of hydrogen-bond acceptors (Lipinski definition) is 6. The molecule has 8 heteroatoms. The summed E-state index contributed by atoms with van der Waals surface area (Å²) >= 11 is 0. The summed E-state index contributed by atoms with van der Waals surface area (Å²) in [7, 11) is 6.41. The van der Waals surface area contributed by atoms with Crippen molar-refractivity contribution in [2.75, 3.05) is 35.0 Å². The number of ether oxygens (including phenoxy) is 4. The van der Waals surface area contributed by atoms with Crippen molar-refractivity contribution in [2.45, 2.75) is 19.9 Å². The van der Waals surface area contributed by atoms with Gasteiger partial charge in [0.15, 0.2) is 17.2 Å². The molecule has 3 aromatic rings. The molecule has 0 saturated carbocycles. The lowest BCUT2D eigenvalue weighted by Crippen LogP contribution is -2.26. The zero-order chi connectivity index (χ0) is 23.1. The number of nitrogens with one attached hydrogen (secondary N) is 1. The summed E-state index contributed by atoms with van der Waals surface area (Å²) in [5.74, 6) is 2.45. The number of benzene rings is 2. The Kier molecular flexibility index (Phi) is 7.59. The highest BCUT2D eigenvalue weighted by molar-refractivity contribution is 5.93. The zero-order valence-electron chi connectivity index (χ0n) is 19.1. The van der Waals surface area contributed by atoms with Crippen LogP contribution >= 0.6 is 0 Å². The third kappa shape index (κ3) is 4.96. The first-order valence-corrected chi connectivity index (χ1v) is 10.3. The Hall–Kier alpha value is -3.68. The van der Waals surface area contributed by atoms with E-state index in [0.29, 0.717) is 48.2 Å². The molecule has 0 saturated heterocycles. The molecule has 1 aromatic heterocycles. The minimum Gasteiger partial charge on any atom is -0.497 e. The lowest BCUT2D eigenvalue weighted by Gasteiger charge is -2.11. The lowest BCUT2D eigenvalue weighted by atomic mass is 10.1. The van der Waals surface area contributed by atoms with Crippen LogP contribution in [0.25, 0.3) is 11.3 Å². The minimum atomic E-state index is -0.230. The molecule has 0 bridgehead atoms. The van der Waals surface area contributed by atoms with Gasteiger partial charge in [-0.15, -0.1) is 0 Å². The maximum atomic E-state index is 12.7. The molecular weight excluding hydrogens is 410 g/mol. The summed E-state index contributed by atoms with van der Waals surface area (Å²) in [6, 6.07) is 13.1. The number of aromatic nitrogens is 2. The van der Waals surface area contributed by atoms with Crippen LogP contribution in [0.2, 0.25) is 0 Å². The Balaban J connectivity index is 1.73. The van der Waals surface area contributed by atoms with E-state index in [1.54, 1.807) is 39.2 Å². The van der Waals surface area contributed by atoms with Gasteiger partial charge in [0.05, 0.1) is 34.1 Å². The first-order valence-electron chi connectivity index (χ1n) is 10.3. The average Bonchev–Trinajstić information content (AvgIpc) is 3.27. The van der Waals surface area contributed by atoms with Gasteiger partial charge in [-0.05, 0) is 49.2 Å². The van der Waals surface area contributed by atoms with E-state index in [2.05, 4.69) is 10.4 Å². The maximum absolute atomic E-state index is 12.7. The van der Waals surface area contributed by atoms with Gasteiger partial charge in [-0.2, -0.15) is 5.10 Å². The molecule has 0 radical (unpaired) electrons. The van der Waals surface area contributed by atoms with Crippen LogP contribution < -0.4 is 24.3 Å². The van der Waals surface area contributed by atoms with Crippen molar-refractivity contribution in [3.63, 3.8) is 0 Å². The number of nitrogens with zero attached hydrogens (tertiary/aromatic N) is 2. The molecule has 2 aromatic carbocycles. The highest BCUT2D eigenvalue weighted by atomic mass is 16.5. The van der Waals surface area contributed by atoms with Crippen LogP contribution in [0.15, 0.2) is 42.5 Å². The average molecular weight is 440 g/mol. The van der Waals surface area contributed by atoms with Gasteiger partial charge in [0.1, 0.15) is 11.5 Å². The van der Waals surface area contributed by atoms with Gasteiger partial charge in [0.25, 0.3) is 5.91 Å². The summed E-state index contributed by atoms with van der Waals surface area (Å²) in [6.45, 7) is 3.06. The van der Waals surface area contributed by atoms with Crippen LogP contribution in [0.1, 0.15) is 23.0 Å². The van der Waals surface area contributed by atoms with Gasteiger partial charge >= 0.3 is 0 Å². The fraction of sp³-hybridized carbons (Fsp3) is 0.333. The topological polar surface area (TPSA) is 83.8 Å². The van der Waals surface area contributed by atoms with Crippen LogP contribution in [0, 0.1) is 0 Å². The molecule has 0 atom stereocenters. The summed E-state index contributed by atoms with van der Waals surface area (Å²) < 4.78 is 23.2. The van der Waals surface area contributed by atoms with Gasteiger partial charge in [-0.3, -0.25) is 9.48 Å². The second-order valence-corrected chi connectivity index (χ2v) is 6.99. The Morgan fingerprint density at radius 2 is 1.66 bits per heavy atom. The molecule has 0 spiro atoms. The first kappa shape index (κ1) is 23.0. The van der Waals surface area contributed by atoms with Gasteiger partial charge in [-0.25, -0.2) is 0 Å². The van der Waals surface area contributed by atoms with E-state index < -0.39 is 0 Å². The van der Waals surface area contributed by atoms with E-state index in [1.807, 2.05) is 43.3 Å². The smallest absolute Gasteiger partial charge is 0.271 e. The molecule has 1 amide bonds. The number of amides is 1. The number of aryl methyl sites for hydroxylation is 1. The molecule has 8 nitrogen and oxygen atoms in total. The maximum Gasteiger partial charge on any atom is 0.271 e. The molecule has 0 unspecified atom stereocenters. The van der Waals surface area contributed by atoms with Crippen molar-refractivity contribution in [1.29, 1.82) is 0 Å². The molecule has 0 fully saturated rings. The van der Waals surface area contributed by atoms with Gasteiger partial charge in [0, 0.05) is 24.7 Å². The van der Waals surface area contributed by atoms with Crippen LogP contribution in [-0.4, -0.2) is 50.7 Å². The third-order valence-electron chi connectivity index (χ3n) is 5.14. The van der Waals surface area contributed by atoms with Crippen LogP contribution in [0.4, 0.5) is 0 Å². The van der Waals surface area contributed by atoms with Gasteiger partial charge in [0.2, 0.25) is 0 Å². The van der Waals surface area contributed by atoms with Gasteiger partial charge < -0.3 is 24.3 Å². The van der Waals surface area contributed by atoms with E-state index in [9.17, 15) is 4.79 Å². The fourth-order valence-electron chi connectivity index (χ4n) is 3.44. The van der Waals surface area contributed by atoms with E-state index >= 15 is 0 Å². The molecule has 170 valence electrons. The number of carbonyl (C=O) groups excluding carboxylic acids is 1. The summed E-state index contributed by atoms with van der Waals surface area (Å²) in [5, 5.41) is 7.42. The van der Waals surface area contributed by atoms with Crippen molar-refractivity contribution in [2.24, 2.45) is 0 Å². The molecule has 1 heterocycles. The quantitative estimate of drug-likeness (QED) is 0.520. The Morgan fingerprint density at radius 1 is 0.906 bits per heavy atom. The molecular formula is C24H29N3O5. The fourth-order valence-corrected chi connectivity index (χ4v) is 3.44. The predicted octanol–water partition coefficient (Wildman–Crippen LogP) is 3.58. The van der Waals surface area contributed by atoms with Crippen molar-refractivity contribution < 1.29 is 23.7 Å². The lowest BCUT2D eigenvalue weighted by molar-refractivity contribution is 0.0948. The van der Waals surface area contributed by atoms with Crippen molar-refractivity contribution in [3.8, 4) is 34.3 Å². The van der Waals surface area contributed by atoms with Crippen molar-refractivity contribution in [1.82, 2.24) is 15.1 Å². The number of carbonyl (C=O) groups is 1. The normalized spacial score (nSPS) is 10.5. The standard InChI is InChI=1S/C24H29N3O5/c1-6-27-20(18-9-8-17(29-2)14-22(18)31-4)15-19(26-27)24(28)25-12-11-16-7-10-21(30-3)23(13-16)32-5/h7-10,13-15H,6,11-12H2,1-5H3,(H,25,28). The Morgan fingerprint density at radius 3 is 2.31 bits per heavy atom. The molecule has 3 rings (SSSR count). The van der Waals surface area contributed by atoms with E-state index in [4.69, 9.17) is 18.9 Å². The highest BCUT2D eigenvalue weighted by Gasteiger charge is 2.18. The summed E-state index contributed by atoms with van der Waals surface area (Å²) in [4.78, 5) is 12.7. The molecule has 32 heavy (non-hydrogen) atoms. The van der Waals surface area contributed by atoms with Crippen molar-refractivity contribution >= 4 is 5.91 Å². The van der Waals surface area contributed by atoms with Crippen molar-refractivity contribution in [3.05, 3.63) is 53.7 Å². The zero-order valence-corrected chi connectivity index (χ0v) is 19.1. The van der Waals surface area contributed by atoms with Crippen LogP contribution in [0.3, 0.4) is 0 Å². The second-order valence-electron chi connectivity index (χ2n) is 6.99. The van der Waals surface area contributed by atoms with E-state index in [1.165, 1.54) is 0 Å². The number of hydrogen-bond donors (Lipinski definition) is 1. The molecule has 1 N–H and O–H groups in total. The number of rotatable bonds is 10. The van der Waals surface area contributed by atoms with E-state index in [-0.39, 0.29) is 5.91 Å². The predicted molar refractivity (Wildman–Crippen MR) is 122 cm³/mol. The largest absolute Gasteiger partial charge is 0.497 e. The number of methoxy groups -OCH3 is 4. The highest BCUT2D eigenvalue weighted by Crippen LogP contribution is 2.34. The molecule has 0 aliphatic rings. The first-order chi connectivity index (χ1) is 15.5. The van der Waals surface area contributed by atoms with Crippen LogP contribution in [-0.2, 0) is 13.0 Å². The Bertz CT molecular complexity index is 1080. The van der Waals surface area contributed by atoms with Gasteiger partial charge in [-0.1, -0.05) is 6.07 Å². The monoisotopic (exact) mass is 439 g/mol. The summed E-state index contributed by atoms with van der Waals surface area (Å²) in [5.41, 5.74) is 3.03. The third-order valence-corrected chi connectivity index (χ3v) is 5.14. The Labute approximate surface area is 188 Å². The SMILES string of the molecule is CCn1nc(C(=O)NCCc2ccc(OC)c(OC)c2)cc1-c1ccc(OC)cc1OC. The second kappa shape index (κ2) is 10.6. The molecule has 0 aliphatic carbocycles. The van der Waals surface area contributed by atoms with E-state index in [0.717, 1.165) is 16.8 Å². The van der Waals surface area contributed by atoms with Crippen LogP contribution in [0.5, 0.6) is 23.0 Å². The molecule has 0 aliphatic heterocycles. The minimum absolute atomic E-state index is 0.230.